The molecule has 0 fully saturated rings. The summed E-state index contributed by atoms with van der Waals surface area (Å²) in [5.41, 5.74) is 0.701. The number of hydrogen-bond acceptors (Lipinski definition) is 4. The van der Waals surface area contributed by atoms with Gasteiger partial charge in [-0.05, 0) is 19.4 Å². The summed E-state index contributed by atoms with van der Waals surface area (Å²) in [6.07, 6.45) is -2.23. The first kappa shape index (κ1) is 13.9. The van der Waals surface area contributed by atoms with Crippen LogP contribution in [0.4, 0.5) is 5.69 Å². The lowest BCUT2D eigenvalue weighted by atomic mass is 9.99. The van der Waals surface area contributed by atoms with Gasteiger partial charge in [0, 0.05) is 11.9 Å². The van der Waals surface area contributed by atoms with Crippen LogP contribution in [0.1, 0.15) is 23.7 Å². The monoisotopic (exact) mass is 259 g/mol. The van der Waals surface area contributed by atoms with Crippen molar-refractivity contribution in [1.82, 2.24) is 0 Å². The molecular weight excluding hydrogens is 246 g/mol. The van der Waals surface area contributed by atoms with E-state index in [-0.39, 0.29) is 23.6 Å². The van der Waals surface area contributed by atoms with Gasteiger partial charge in [-0.15, -0.1) is 11.6 Å². The van der Waals surface area contributed by atoms with Crippen molar-refractivity contribution in [2.75, 3.05) is 5.88 Å². The first-order valence-corrected chi connectivity index (χ1v) is 5.68. The molecule has 0 bridgehead atoms. The minimum Gasteiger partial charge on any atom is -0.390 e. The Morgan fingerprint density at radius 1 is 1.47 bits per heavy atom. The van der Waals surface area contributed by atoms with Crippen molar-refractivity contribution in [1.29, 1.82) is 0 Å². The Balaban J connectivity index is 3.10. The fourth-order valence-corrected chi connectivity index (χ4v) is 1.78. The van der Waals surface area contributed by atoms with Gasteiger partial charge in [0.2, 0.25) is 0 Å². The molecule has 0 aromatic heterocycles. The number of rotatable bonds is 5. The highest BCUT2D eigenvalue weighted by molar-refractivity contribution is 6.17. The molecule has 0 spiro atoms. The summed E-state index contributed by atoms with van der Waals surface area (Å²) < 4.78 is 0. The maximum absolute atomic E-state index is 10.8. The fourth-order valence-electron chi connectivity index (χ4n) is 1.55. The second kappa shape index (κ2) is 5.95. The number of nitrogens with zero attached hydrogens (tertiary/aromatic N) is 1. The highest BCUT2D eigenvalue weighted by Crippen LogP contribution is 2.29. The number of nitro groups is 1. The summed E-state index contributed by atoms with van der Waals surface area (Å²) in [5.74, 6) is 0.178. The second-order valence-corrected chi connectivity index (χ2v) is 4.19. The molecule has 0 heterocycles. The molecule has 0 saturated heterocycles. The van der Waals surface area contributed by atoms with Crippen molar-refractivity contribution in [3.8, 4) is 0 Å². The number of halogens is 1. The highest BCUT2D eigenvalue weighted by Gasteiger charge is 2.25. The quantitative estimate of drug-likeness (QED) is 0.481. The van der Waals surface area contributed by atoms with Crippen molar-refractivity contribution < 1.29 is 15.1 Å². The van der Waals surface area contributed by atoms with E-state index in [0.29, 0.717) is 0 Å². The van der Waals surface area contributed by atoms with Gasteiger partial charge < -0.3 is 10.2 Å². The van der Waals surface area contributed by atoms with Gasteiger partial charge in [-0.25, -0.2) is 0 Å². The number of aryl methyl sites for hydroxylation is 1. The molecule has 2 N–H and O–H groups in total. The zero-order valence-electron chi connectivity index (χ0n) is 9.34. The van der Waals surface area contributed by atoms with Crippen molar-refractivity contribution in [2.45, 2.75) is 25.6 Å². The topological polar surface area (TPSA) is 83.6 Å². The van der Waals surface area contributed by atoms with Crippen molar-refractivity contribution in [3.05, 3.63) is 39.4 Å². The highest BCUT2D eigenvalue weighted by atomic mass is 35.5. The predicted molar refractivity (Wildman–Crippen MR) is 64.1 cm³/mol. The number of hydrogen-bond donors (Lipinski definition) is 2. The summed E-state index contributed by atoms with van der Waals surface area (Å²) in [7, 11) is 0. The van der Waals surface area contributed by atoms with Gasteiger partial charge in [-0.3, -0.25) is 10.1 Å². The molecule has 0 aliphatic carbocycles. The predicted octanol–water partition coefficient (Wildman–Crippen LogP) is 1.93. The van der Waals surface area contributed by atoms with Crippen LogP contribution in [0.5, 0.6) is 0 Å². The molecule has 17 heavy (non-hydrogen) atoms. The van der Waals surface area contributed by atoms with E-state index >= 15 is 0 Å². The molecule has 1 rings (SSSR count). The maximum atomic E-state index is 10.8. The third-order valence-corrected chi connectivity index (χ3v) is 2.69. The zero-order chi connectivity index (χ0) is 13.0. The Bertz CT molecular complexity index is 410. The first-order chi connectivity index (χ1) is 7.97. The Kier molecular flexibility index (Phi) is 4.86. The normalized spacial score (nSPS) is 14.4. The van der Waals surface area contributed by atoms with Gasteiger partial charge in [-0.1, -0.05) is 11.6 Å². The van der Waals surface area contributed by atoms with Crippen LogP contribution in [-0.2, 0) is 0 Å². The summed E-state index contributed by atoms with van der Waals surface area (Å²) in [5, 5.41) is 30.3. The van der Waals surface area contributed by atoms with Gasteiger partial charge in [-0.2, -0.15) is 0 Å². The van der Waals surface area contributed by atoms with Crippen molar-refractivity contribution in [3.63, 3.8) is 0 Å². The molecule has 0 aliphatic heterocycles. The van der Waals surface area contributed by atoms with E-state index in [1.54, 1.807) is 13.0 Å². The van der Waals surface area contributed by atoms with Crippen LogP contribution in [0.2, 0.25) is 0 Å². The Hall–Kier alpha value is -1.17. The molecule has 1 aromatic rings. The molecule has 0 aliphatic rings. The fraction of sp³-hybridized carbons (Fsp3) is 0.455. The second-order valence-electron chi connectivity index (χ2n) is 3.81. The van der Waals surface area contributed by atoms with Crippen LogP contribution in [0.15, 0.2) is 18.2 Å². The third-order valence-electron chi connectivity index (χ3n) is 2.47. The standard InChI is InChI=1S/C11H14ClNO4/c1-7-2-3-9(13(16)17)8(6-7)11(15)10(14)4-5-12/h2-3,6,10-11,14-15H,4-5H2,1H3. The lowest BCUT2D eigenvalue weighted by Gasteiger charge is -2.17. The van der Waals surface area contributed by atoms with Crippen molar-refractivity contribution in [2.24, 2.45) is 0 Å². The summed E-state index contributed by atoms with van der Waals surface area (Å²) in [6.45, 7) is 1.76. The number of alkyl halides is 1. The van der Waals surface area contributed by atoms with Gasteiger partial charge in [0.25, 0.3) is 5.69 Å². The molecule has 94 valence electrons. The largest absolute Gasteiger partial charge is 0.390 e. The Labute approximate surface area is 104 Å². The van der Waals surface area contributed by atoms with Crippen LogP contribution in [0.25, 0.3) is 0 Å². The Morgan fingerprint density at radius 2 is 2.12 bits per heavy atom. The minimum absolute atomic E-state index is 0.118. The van der Waals surface area contributed by atoms with E-state index in [4.69, 9.17) is 11.6 Å². The van der Waals surface area contributed by atoms with E-state index in [1.165, 1.54) is 12.1 Å². The van der Waals surface area contributed by atoms with Gasteiger partial charge in [0.1, 0.15) is 6.10 Å². The molecule has 6 heteroatoms. The van der Waals surface area contributed by atoms with Crippen LogP contribution in [0, 0.1) is 17.0 Å². The molecule has 0 radical (unpaired) electrons. The van der Waals surface area contributed by atoms with E-state index < -0.39 is 17.1 Å². The third kappa shape index (κ3) is 3.39. The molecule has 5 nitrogen and oxygen atoms in total. The molecule has 2 atom stereocenters. The van der Waals surface area contributed by atoms with Gasteiger partial charge in [0.15, 0.2) is 0 Å². The van der Waals surface area contributed by atoms with E-state index in [2.05, 4.69) is 0 Å². The lowest BCUT2D eigenvalue weighted by Crippen LogP contribution is -2.19. The van der Waals surface area contributed by atoms with Crippen LogP contribution in [-0.4, -0.2) is 27.1 Å². The van der Waals surface area contributed by atoms with Crippen LogP contribution in [0.3, 0.4) is 0 Å². The molecule has 2 unspecified atom stereocenters. The summed E-state index contributed by atoms with van der Waals surface area (Å²) in [4.78, 5) is 10.2. The van der Waals surface area contributed by atoms with Gasteiger partial charge in [0.05, 0.1) is 16.6 Å². The number of aliphatic hydroxyl groups is 2. The number of aliphatic hydroxyl groups excluding tert-OH is 2. The van der Waals surface area contributed by atoms with E-state index in [0.717, 1.165) is 5.56 Å². The molecular formula is C11H14ClNO4. The lowest BCUT2D eigenvalue weighted by molar-refractivity contribution is -0.386. The molecule has 0 amide bonds. The summed E-state index contributed by atoms with van der Waals surface area (Å²) in [6, 6.07) is 4.41. The Morgan fingerprint density at radius 3 is 2.65 bits per heavy atom. The van der Waals surface area contributed by atoms with Crippen LogP contribution >= 0.6 is 11.6 Å². The van der Waals surface area contributed by atoms with Gasteiger partial charge >= 0.3 is 0 Å². The number of benzene rings is 1. The van der Waals surface area contributed by atoms with E-state index in [9.17, 15) is 20.3 Å². The minimum atomic E-state index is -1.30. The summed E-state index contributed by atoms with van der Waals surface area (Å²) >= 11 is 5.46. The number of nitro benzene ring substituents is 1. The van der Waals surface area contributed by atoms with Crippen LogP contribution < -0.4 is 0 Å². The maximum Gasteiger partial charge on any atom is 0.275 e. The molecule has 1 aromatic carbocycles. The average molecular weight is 260 g/mol. The first-order valence-electron chi connectivity index (χ1n) is 5.14. The van der Waals surface area contributed by atoms with E-state index in [1.807, 2.05) is 0 Å². The molecule has 0 saturated carbocycles. The van der Waals surface area contributed by atoms with Crippen molar-refractivity contribution >= 4 is 17.3 Å². The zero-order valence-corrected chi connectivity index (χ0v) is 10.1. The average Bonchev–Trinajstić information content (AvgIpc) is 2.27. The smallest absolute Gasteiger partial charge is 0.275 e. The SMILES string of the molecule is Cc1ccc([N+](=O)[O-])c(C(O)C(O)CCCl)c1.